The predicted molar refractivity (Wildman–Crippen MR) is 125 cm³/mol. The number of carboxylic acids is 1. The third-order valence-electron chi connectivity index (χ3n) is 6.80. The van der Waals surface area contributed by atoms with Crippen molar-refractivity contribution < 1.29 is 33.9 Å². The maximum Gasteiger partial charge on any atom is 0.335 e. The fraction of sp³-hybridized carbons (Fsp3) is 0.280. The molecular weight excluding hydrogens is 470 g/mol. The van der Waals surface area contributed by atoms with Gasteiger partial charge in [0.2, 0.25) is 5.75 Å². The van der Waals surface area contributed by atoms with E-state index in [1.807, 2.05) is 12.2 Å². The number of carboxylic acid groups (broad SMARTS) is 1. The van der Waals surface area contributed by atoms with E-state index in [-0.39, 0.29) is 52.9 Å². The molecule has 184 valence electrons. The quantitative estimate of drug-likeness (QED) is 0.195. The largest absolute Gasteiger partial charge is 0.493 e. The van der Waals surface area contributed by atoms with E-state index in [0.717, 1.165) is 11.4 Å². The number of carbonyl (C=O) groups excluding carboxylic acids is 2. The van der Waals surface area contributed by atoms with Gasteiger partial charge in [-0.3, -0.25) is 19.7 Å². The number of ether oxygens (including phenoxy) is 2. The molecule has 1 heterocycles. The number of rotatable bonds is 8. The summed E-state index contributed by atoms with van der Waals surface area (Å²) in [5.74, 6) is -2.63. The van der Waals surface area contributed by atoms with Crippen molar-refractivity contribution in [2.75, 3.05) is 7.11 Å². The second kappa shape index (κ2) is 8.91. The standard InChI is InChI=1S/C25H21N3O8/c1-35-19-9-14(11-26-27-23(29)20-15-5-6-16(10-15)21(20)24(27)30)8-18(28(33)34)22(19)36-12-13-3-2-4-17(7-13)25(31)32/h2-9,11,15-16,20-21H,10,12H2,1H3,(H,31,32). The van der Waals surface area contributed by atoms with E-state index in [4.69, 9.17) is 14.6 Å². The van der Waals surface area contributed by atoms with Crippen LogP contribution in [0.2, 0.25) is 0 Å². The molecule has 2 aromatic carbocycles. The first kappa shape index (κ1) is 23.2. The summed E-state index contributed by atoms with van der Waals surface area (Å²) in [6, 6.07) is 8.65. The minimum absolute atomic E-state index is 0.0400. The van der Waals surface area contributed by atoms with Crippen LogP contribution in [-0.4, -0.2) is 46.1 Å². The fourth-order valence-corrected chi connectivity index (χ4v) is 5.19. The number of benzene rings is 2. The highest BCUT2D eigenvalue weighted by Gasteiger charge is 2.59. The molecule has 1 saturated heterocycles. The van der Waals surface area contributed by atoms with E-state index >= 15 is 0 Å². The van der Waals surface area contributed by atoms with Gasteiger partial charge in [0.25, 0.3) is 11.8 Å². The Bertz CT molecular complexity index is 1320. The maximum atomic E-state index is 12.8. The molecule has 4 atom stereocenters. The first-order valence-corrected chi connectivity index (χ1v) is 11.2. The number of hydrazone groups is 1. The number of allylic oxidation sites excluding steroid dienone is 2. The van der Waals surface area contributed by atoms with E-state index in [1.165, 1.54) is 37.6 Å². The zero-order chi connectivity index (χ0) is 25.6. The Kier molecular flexibility index (Phi) is 5.75. The summed E-state index contributed by atoms with van der Waals surface area (Å²) in [4.78, 5) is 48.0. The van der Waals surface area contributed by atoms with Gasteiger partial charge in [0.15, 0.2) is 5.75 Å². The van der Waals surface area contributed by atoms with Gasteiger partial charge in [-0.2, -0.15) is 10.1 Å². The molecule has 1 N–H and O–H groups in total. The highest BCUT2D eigenvalue weighted by atomic mass is 16.6. The summed E-state index contributed by atoms with van der Waals surface area (Å²) < 4.78 is 11.0. The lowest BCUT2D eigenvalue weighted by atomic mass is 9.85. The number of nitro benzene ring substituents is 1. The van der Waals surface area contributed by atoms with Gasteiger partial charge in [0.05, 0.1) is 35.6 Å². The Morgan fingerprint density at radius 2 is 1.89 bits per heavy atom. The first-order valence-electron chi connectivity index (χ1n) is 11.2. The molecule has 2 amide bonds. The van der Waals surface area contributed by atoms with Crippen molar-refractivity contribution in [3.63, 3.8) is 0 Å². The number of hydrogen-bond acceptors (Lipinski definition) is 8. The molecule has 11 nitrogen and oxygen atoms in total. The van der Waals surface area contributed by atoms with E-state index in [1.54, 1.807) is 12.1 Å². The molecule has 1 saturated carbocycles. The Labute approximate surface area is 204 Å². The summed E-state index contributed by atoms with van der Waals surface area (Å²) in [5.41, 5.74) is 0.376. The normalized spacial score (nSPS) is 24.0. The van der Waals surface area contributed by atoms with Crippen LogP contribution in [0, 0.1) is 33.8 Å². The number of carbonyl (C=O) groups is 3. The summed E-state index contributed by atoms with van der Waals surface area (Å²) in [7, 11) is 1.31. The van der Waals surface area contributed by atoms with E-state index in [2.05, 4.69) is 5.10 Å². The third kappa shape index (κ3) is 3.88. The molecule has 11 heteroatoms. The van der Waals surface area contributed by atoms with Gasteiger partial charge in [0, 0.05) is 11.6 Å². The molecule has 2 bridgehead atoms. The SMILES string of the molecule is COc1cc(C=NN2C(=O)C3C4C=CC(C4)C3C2=O)cc([N+](=O)[O-])c1OCc1cccc(C(=O)O)c1. The van der Waals surface area contributed by atoms with Gasteiger partial charge in [-0.15, -0.1) is 0 Å². The minimum Gasteiger partial charge on any atom is -0.493 e. The topological polar surface area (TPSA) is 149 Å². The Morgan fingerprint density at radius 3 is 2.50 bits per heavy atom. The second-order valence-electron chi connectivity index (χ2n) is 8.86. The number of amides is 2. The molecule has 5 rings (SSSR count). The van der Waals surface area contributed by atoms with Crippen LogP contribution in [0.25, 0.3) is 0 Å². The summed E-state index contributed by atoms with van der Waals surface area (Å²) in [5, 5.41) is 25.9. The molecule has 3 aliphatic rings. The van der Waals surface area contributed by atoms with Crippen molar-refractivity contribution in [3.05, 3.63) is 75.4 Å². The highest BCUT2D eigenvalue weighted by Crippen LogP contribution is 2.52. The molecule has 2 aromatic rings. The van der Waals surface area contributed by atoms with E-state index < -0.39 is 28.4 Å². The van der Waals surface area contributed by atoms with Crippen molar-refractivity contribution in [1.29, 1.82) is 0 Å². The van der Waals surface area contributed by atoms with Gasteiger partial charge in [-0.1, -0.05) is 24.3 Å². The zero-order valence-electron chi connectivity index (χ0n) is 19.1. The summed E-state index contributed by atoms with van der Waals surface area (Å²) in [6.07, 6.45) is 5.97. The number of fused-ring (bicyclic) bond motifs is 5. The van der Waals surface area contributed by atoms with Crippen LogP contribution in [0.3, 0.4) is 0 Å². The number of hydrogen-bond donors (Lipinski definition) is 1. The fourth-order valence-electron chi connectivity index (χ4n) is 5.19. The molecule has 1 aliphatic heterocycles. The van der Waals surface area contributed by atoms with Gasteiger partial charge < -0.3 is 14.6 Å². The van der Waals surface area contributed by atoms with E-state index in [9.17, 15) is 24.5 Å². The molecule has 0 aromatic heterocycles. The van der Waals surface area contributed by atoms with Gasteiger partial charge in [-0.05, 0) is 42.0 Å². The number of imide groups is 1. The van der Waals surface area contributed by atoms with Crippen molar-refractivity contribution in [2.45, 2.75) is 13.0 Å². The van der Waals surface area contributed by atoms with Crippen LogP contribution in [0.4, 0.5) is 5.69 Å². The van der Waals surface area contributed by atoms with Crippen molar-refractivity contribution >= 4 is 29.7 Å². The number of nitro groups is 1. The summed E-state index contributed by atoms with van der Waals surface area (Å²) >= 11 is 0. The van der Waals surface area contributed by atoms with Crippen molar-refractivity contribution in [3.8, 4) is 11.5 Å². The Morgan fingerprint density at radius 1 is 1.19 bits per heavy atom. The molecular formula is C25H21N3O8. The number of methoxy groups -OCH3 is 1. The zero-order valence-corrected chi connectivity index (χ0v) is 19.1. The Balaban J connectivity index is 1.39. The molecule has 4 unspecified atom stereocenters. The molecule has 2 aliphatic carbocycles. The molecule has 0 spiro atoms. The molecule has 36 heavy (non-hydrogen) atoms. The number of aromatic carboxylic acids is 1. The van der Waals surface area contributed by atoms with Crippen molar-refractivity contribution in [2.24, 2.45) is 28.8 Å². The Hall–Kier alpha value is -4.54. The smallest absolute Gasteiger partial charge is 0.335 e. The highest BCUT2D eigenvalue weighted by molar-refractivity contribution is 6.06. The average molecular weight is 491 g/mol. The van der Waals surface area contributed by atoms with Crippen molar-refractivity contribution in [1.82, 2.24) is 5.01 Å². The van der Waals surface area contributed by atoms with Crippen LogP contribution < -0.4 is 9.47 Å². The van der Waals surface area contributed by atoms with Crippen LogP contribution in [0.15, 0.2) is 53.7 Å². The molecule has 2 fully saturated rings. The predicted octanol–water partition coefficient (Wildman–Crippen LogP) is 3.02. The monoisotopic (exact) mass is 491 g/mol. The lowest BCUT2D eigenvalue weighted by molar-refractivity contribution is -0.386. The lowest BCUT2D eigenvalue weighted by Crippen LogP contribution is -2.28. The van der Waals surface area contributed by atoms with Gasteiger partial charge >= 0.3 is 11.7 Å². The third-order valence-corrected chi connectivity index (χ3v) is 6.80. The van der Waals surface area contributed by atoms with Crippen LogP contribution >= 0.6 is 0 Å². The first-order chi connectivity index (χ1) is 17.3. The second-order valence-corrected chi connectivity index (χ2v) is 8.86. The van der Waals surface area contributed by atoms with Gasteiger partial charge in [-0.25, -0.2) is 4.79 Å². The minimum atomic E-state index is -1.11. The van der Waals surface area contributed by atoms with Crippen LogP contribution in [-0.2, 0) is 16.2 Å². The van der Waals surface area contributed by atoms with Crippen LogP contribution in [0.1, 0.15) is 27.9 Å². The number of nitrogens with zero attached hydrogens (tertiary/aromatic N) is 3. The lowest BCUT2D eigenvalue weighted by Gasteiger charge is -2.13. The van der Waals surface area contributed by atoms with Gasteiger partial charge in [0.1, 0.15) is 6.61 Å². The van der Waals surface area contributed by atoms with E-state index in [0.29, 0.717) is 5.56 Å². The average Bonchev–Trinajstić information content (AvgIpc) is 3.55. The summed E-state index contributed by atoms with van der Waals surface area (Å²) in [6.45, 7) is -0.137. The molecule has 0 radical (unpaired) electrons. The maximum absolute atomic E-state index is 12.8. The van der Waals surface area contributed by atoms with Crippen LogP contribution in [0.5, 0.6) is 11.5 Å².